The summed E-state index contributed by atoms with van der Waals surface area (Å²) in [6, 6.07) is 6.99. The fraction of sp³-hybridized carbons (Fsp3) is 0.600. The predicted molar refractivity (Wildman–Crippen MR) is 85.0 cm³/mol. The van der Waals surface area contributed by atoms with E-state index in [0.717, 1.165) is 18.8 Å². The van der Waals surface area contributed by atoms with Crippen LogP contribution in [0.3, 0.4) is 0 Å². The highest BCUT2D eigenvalue weighted by molar-refractivity contribution is 7.91. The number of benzene rings is 1. The summed E-state index contributed by atoms with van der Waals surface area (Å²) in [5.74, 6) is 0.135. The van der Waals surface area contributed by atoms with E-state index in [0.29, 0.717) is 4.90 Å². The Hall–Kier alpha value is -1.07. The molecule has 1 aromatic rings. The summed E-state index contributed by atoms with van der Waals surface area (Å²) in [6.07, 6.45) is 0. The van der Waals surface area contributed by atoms with Crippen molar-refractivity contribution in [1.82, 2.24) is 4.90 Å². The van der Waals surface area contributed by atoms with E-state index in [-0.39, 0.29) is 11.2 Å². The summed E-state index contributed by atoms with van der Waals surface area (Å²) < 4.78 is 23.4. The summed E-state index contributed by atoms with van der Waals surface area (Å²) in [5, 5.41) is 3.37. The van der Waals surface area contributed by atoms with E-state index in [1.165, 1.54) is 0 Å². The maximum atomic E-state index is 11.7. The summed E-state index contributed by atoms with van der Waals surface area (Å²) in [5.41, 5.74) is 1.10. The molecule has 4 nitrogen and oxygen atoms in total. The van der Waals surface area contributed by atoms with E-state index in [1.807, 2.05) is 12.1 Å². The largest absolute Gasteiger partial charge is 0.384 e. The molecule has 1 N–H and O–H groups in total. The molecule has 0 amide bonds. The van der Waals surface area contributed by atoms with Gasteiger partial charge in [-0.05, 0) is 43.8 Å². The lowest BCUT2D eigenvalue weighted by atomic mass is 9.93. The van der Waals surface area contributed by atoms with Crippen molar-refractivity contribution in [3.05, 3.63) is 24.3 Å². The highest BCUT2D eigenvalue weighted by Gasteiger charge is 2.18. The molecule has 0 saturated carbocycles. The van der Waals surface area contributed by atoms with Crippen molar-refractivity contribution in [2.75, 3.05) is 38.3 Å². The Morgan fingerprint density at radius 1 is 1.15 bits per heavy atom. The van der Waals surface area contributed by atoms with Gasteiger partial charge in [0, 0.05) is 18.8 Å². The number of nitrogens with zero attached hydrogens (tertiary/aromatic N) is 1. The van der Waals surface area contributed by atoms with Crippen LogP contribution < -0.4 is 5.32 Å². The van der Waals surface area contributed by atoms with Crippen molar-refractivity contribution >= 4 is 15.5 Å². The molecular formula is C15H26N2O2S. The van der Waals surface area contributed by atoms with Gasteiger partial charge < -0.3 is 10.2 Å². The number of sulfone groups is 1. The molecule has 0 aromatic heterocycles. The van der Waals surface area contributed by atoms with Gasteiger partial charge in [-0.3, -0.25) is 0 Å². The average molecular weight is 298 g/mol. The van der Waals surface area contributed by atoms with Gasteiger partial charge in [-0.25, -0.2) is 8.42 Å². The average Bonchev–Trinajstić information content (AvgIpc) is 2.35. The third kappa shape index (κ3) is 5.13. The molecule has 0 fully saturated rings. The van der Waals surface area contributed by atoms with Gasteiger partial charge in [0.1, 0.15) is 0 Å². The van der Waals surface area contributed by atoms with Gasteiger partial charge >= 0.3 is 0 Å². The highest BCUT2D eigenvalue weighted by atomic mass is 32.2. The minimum absolute atomic E-state index is 0.135. The van der Waals surface area contributed by atoms with Crippen molar-refractivity contribution in [2.24, 2.45) is 5.41 Å². The number of hydrogen-bond donors (Lipinski definition) is 1. The quantitative estimate of drug-likeness (QED) is 0.840. The third-order valence-corrected chi connectivity index (χ3v) is 4.86. The van der Waals surface area contributed by atoms with Gasteiger partial charge in [0.05, 0.1) is 10.6 Å². The molecule has 0 radical (unpaired) electrons. The first-order valence-electron chi connectivity index (χ1n) is 6.88. The van der Waals surface area contributed by atoms with Crippen molar-refractivity contribution < 1.29 is 8.42 Å². The van der Waals surface area contributed by atoms with Gasteiger partial charge in [-0.15, -0.1) is 0 Å². The van der Waals surface area contributed by atoms with Crippen LogP contribution in [0.1, 0.15) is 20.8 Å². The topological polar surface area (TPSA) is 49.4 Å². The molecule has 0 aliphatic rings. The molecule has 1 aromatic carbocycles. The van der Waals surface area contributed by atoms with Crippen LogP contribution in [-0.2, 0) is 9.84 Å². The monoisotopic (exact) mass is 298 g/mol. The Labute approximate surface area is 123 Å². The lowest BCUT2D eigenvalue weighted by molar-refractivity contribution is 0.254. The smallest absolute Gasteiger partial charge is 0.178 e. The molecule has 0 atom stereocenters. The summed E-state index contributed by atoms with van der Waals surface area (Å²) in [4.78, 5) is 2.55. The highest BCUT2D eigenvalue weighted by Crippen LogP contribution is 2.19. The van der Waals surface area contributed by atoms with Crippen LogP contribution in [0.2, 0.25) is 0 Å². The number of anilines is 1. The molecule has 0 spiro atoms. The zero-order chi connectivity index (χ0) is 15.4. The Bertz CT molecular complexity index is 519. The van der Waals surface area contributed by atoms with Crippen LogP contribution in [0.5, 0.6) is 0 Å². The number of hydrogen-bond acceptors (Lipinski definition) is 4. The molecule has 0 aliphatic carbocycles. The Morgan fingerprint density at radius 2 is 1.70 bits per heavy atom. The van der Waals surface area contributed by atoms with Crippen LogP contribution in [0, 0.1) is 5.41 Å². The van der Waals surface area contributed by atoms with Gasteiger partial charge in [0.25, 0.3) is 0 Å². The van der Waals surface area contributed by atoms with E-state index in [4.69, 9.17) is 0 Å². The van der Waals surface area contributed by atoms with Crippen LogP contribution in [-0.4, -0.2) is 46.3 Å². The molecule has 1 rings (SSSR count). The Morgan fingerprint density at radius 3 is 2.15 bits per heavy atom. The molecule has 0 heterocycles. The van der Waals surface area contributed by atoms with Crippen molar-refractivity contribution in [2.45, 2.75) is 25.7 Å². The maximum Gasteiger partial charge on any atom is 0.178 e. The molecule has 114 valence electrons. The third-order valence-electron chi connectivity index (χ3n) is 3.11. The summed E-state index contributed by atoms with van der Waals surface area (Å²) in [6.45, 7) is 7.89. The standard InChI is InChI=1S/C15H26N2O2S/c1-6-20(18,19)14-9-7-13(8-10-14)16-11-15(2,3)12-17(4)5/h7-10,16H,6,11-12H2,1-5H3. The van der Waals surface area contributed by atoms with Gasteiger partial charge in [0.15, 0.2) is 9.84 Å². The fourth-order valence-corrected chi connectivity index (χ4v) is 3.08. The van der Waals surface area contributed by atoms with Crippen molar-refractivity contribution in [3.63, 3.8) is 0 Å². The zero-order valence-electron chi connectivity index (χ0n) is 13.1. The van der Waals surface area contributed by atoms with Crippen molar-refractivity contribution in [3.8, 4) is 0 Å². The molecule has 0 bridgehead atoms. The lowest BCUT2D eigenvalue weighted by Crippen LogP contribution is -2.34. The van der Waals surface area contributed by atoms with E-state index < -0.39 is 9.84 Å². The first kappa shape index (κ1) is 17.0. The fourth-order valence-electron chi connectivity index (χ4n) is 2.20. The molecule has 0 unspecified atom stereocenters. The Balaban J connectivity index is 2.67. The lowest BCUT2D eigenvalue weighted by Gasteiger charge is -2.28. The summed E-state index contributed by atoms with van der Waals surface area (Å²) >= 11 is 0. The van der Waals surface area contributed by atoms with Crippen molar-refractivity contribution in [1.29, 1.82) is 0 Å². The predicted octanol–water partition coefficient (Wildman–Crippen LogP) is 2.48. The van der Waals surface area contributed by atoms with E-state index in [9.17, 15) is 8.42 Å². The van der Waals surface area contributed by atoms with E-state index in [1.54, 1.807) is 19.1 Å². The zero-order valence-corrected chi connectivity index (χ0v) is 13.9. The number of nitrogens with one attached hydrogen (secondary N) is 1. The van der Waals surface area contributed by atoms with Gasteiger partial charge in [0.2, 0.25) is 0 Å². The van der Waals surface area contributed by atoms with E-state index >= 15 is 0 Å². The second kappa shape index (κ2) is 6.59. The second-order valence-corrected chi connectivity index (χ2v) is 8.46. The first-order valence-corrected chi connectivity index (χ1v) is 8.53. The van der Waals surface area contributed by atoms with Crippen LogP contribution in [0.25, 0.3) is 0 Å². The molecule has 0 saturated heterocycles. The summed E-state index contributed by atoms with van der Waals surface area (Å²) in [7, 11) is 1.01. The minimum atomic E-state index is -3.11. The van der Waals surface area contributed by atoms with Crippen LogP contribution >= 0.6 is 0 Å². The van der Waals surface area contributed by atoms with Crippen LogP contribution in [0.15, 0.2) is 29.2 Å². The first-order chi connectivity index (χ1) is 9.16. The van der Waals surface area contributed by atoms with E-state index in [2.05, 4.69) is 38.2 Å². The molecule has 20 heavy (non-hydrogen) atoms. The maximum absolute atomic E-state index is 11.7. The van der Waals surface area contributed by atoms with Gasteiger partial charge in [-0.2, -0.15) is 0 Å². The molecule has 5 heteroatoms. The minimum Gasteiger partial charge on any atom is -0.384 e. The second-order valence-electron chi connectivity index (χ2n) is 6.18. The SMILES string of the molecule is CCS(=O)(=O)c1ccc(NCC(C)(C)CN(C)C)cc1. The Kier molecular flexibility index (Phi) is 5.59. The van der Waals surface area contributed by atoms with Gasteiger partial charge in [-0.1, -0.05) is 20.8 Å². The normalized spacial score (nSPS) is 12.7. The van der Waals surface area contributed by atoms with Crippen LogP contribution in [0.4, 0.5) is 5.69 Å². The number of rotatable bonds is 7. The molecule has 0 aliphatic heterocycles. The molecular weight excluding hydrogens is 272 g/mol.